The predicted octanol–water partition coefficient (Wildman–Crippen LogP) is 2.01. The first kappa shape index (κ1) is 14.8. The lowest BCUT2D eigenvalue weighted by atomic mass is 9.87. The molecule has 1 aromatic rings. The molecule has 0 spiro atoms. The van der Waals surface area contributed by atoms with E-state index in [0.717, 1.165) is 37.0 Å². The lowest BCUT2D eigenvalue weighted by Crippen LogP contribution is -2.42. The second-order valence-corrected chi connectivity index (χ2v) is 5.50. The normalized spacial score (nSPS) is 25.4. The second kappa shape index (κ2) is 6.74. The molecule has 108 valence electrons. The number of hydrogen-bond acceptors (Lipinski definition) is 4. The molecule has 2 rings (SSSR count). The minimum atomic E-state index is -0.658. The van der Waals surface area contributed by atoms with E-state index in [1.165, 1.54) is 0 Å². The molecule has 1 aliphatic carbocycles. The van der Waals surface area contributed by atoms with E-state index in [4.69, 9.17) is 20.8 Å². The number of ether oxygens (including phenoxy) is 1. The van der Waals surface area contributed by atoms with Crippen molar-refractivity contribution in [3.8, 4) is 11.8 Å². The van der Waals surface area contributed by atoms with Gasteiger partial charge in [0.25, 0.3) is 0 Å². The molecule has 0 bridgehead atoms. The van der Waals surface area contributed by atoms with Crippen molar-refractivity contribution in [2.24, 2.45) is 11.7 Å². The third kappa shape index (κ3) is 3.50. The van der Waals surface area contributed by atoms with E-state index in [1.807, 2.05) is 24.3 Å². The number of nitrogens with zero attached hydrogens (tertiary/aromatic N) is 1. The number of hydrogen-bond donors (Lipinski definition) is 2. The van der Waals surface area contributed by atoms with Gasteiger partial charge in [-0.3, -0.25) is 0 Å². The molecule has 0 radical (unpaired) electrons. The highest BCUT2D eigenvalue weighted by atomic mass is 16.5. The summed E-state index contributed by atoms with van der Waals surface area (Å²) >= 11 is 0. The van der Waals surface area contributed by atoms with Gasteiger partial charge in [-0.1, -0.05) is 18.6 Å². The second-order valence-electron chi connectivity index (χ2n) is 5.50. The van der Waals surface area contributed by atoms with Crippen LogP contribution in [0.1, 0.15) is 31.2 Å². The van der Waals surface area contributed by atoms with Crippen LogP contribution < -0.4 is 10.5 Å². The first-order valence-corrected chi connectivity index (χ1v) is 7.20. The number of rotatable bonds is 6. The van der Waals surface area contributed by atoms with E-state index >= 15 is 0 Å². The predicted molar refractivity (Wildman–Crippen MR) is 77.2 cm³/mol. The highest BCUT2D eigenvalue weighted by Crippen LogP contribution is 2.35. The lowest BCUT2D eigenvalue weighted by Gasteiger charge is -2.23. The van der Waals surface area contributed by atoms with Crippen LogP contribution in [0.15, 0.2) is 24.3 Å². The molecule has 0 saturated heterocycles. The highest BCUT2D eigenvalue weighted by molar-refractivity contribution is 5.27. The van der Waals surface area contributed by atoms with Crippen LogP contribution in [-0.4, -0.2) is 23.9 Å². The van der Waals surface area contributed by atoms with E-state index in [1.54, 1.807) is 0 Å². The summed E-state index contributed by atoms with van der Waals surface area (Å²) in [5.74, 6) is 1.06. The zero-order chi connectivity index (χ0) is 14.4. The average molecular weight is 274 g/mol. The van der Waals surface area contributed by atoms with Gasteiger partial charge < -0.3 is 15.6 Å². The summed E-state index contributed by atoms with van der Waals surface area (Å²) in [5.41, 5.74) is 6.53. The monoisotopic (exact) mass is 274 g/mol. The maximum Gasteiger partial charge on any atom is 0.119 e. The topological polar surface area (TPSA) is 79.3 Å². The molecule has 20 heavy (non-hydrogen) atoms. The van der Waals surface area contributed by atoms with E-state index in [2.05, 4.69) is 6.07 Å². The summed E-state index contributed by atoms with van der Waals surface area (Å²) < 4.78 is 5.71. The molecule has 1 fully saturated rings. The molecule has 2 atom stereocenters. The van der Waals surface area contributed by atoms with Gasteiger partial charge in [-0.15, -0.1) is 0 Å². The molecule has 1 saturated carbocycles. The Kier molecular flexibility index (Phi) is 4.99. The van der Waals surface area contributed by atoms with Crippen LogP contribution in [0.5, 0.6) is 5.75 Å². The Labute approximate surface area is 120 Å². The van der Waals surface area contributed by atoms with Crippen molar-refractivity contribution in [1.82, 2.24) is 0 Å². The van der Waals surface area contributed by atoms with Gasteiger partial charge in [0, 0.05) is 6.61 Å². The first-order chi connectivity index (χ1) is 9.68. The average Bonchev–Trinajstić information content (AvgIpc) is 2.83. The van der Waals surface area contributed by atoms with Crippen LogP contribution in [0, 0.1) is 17.2 Å². The van der Waals surface area contributed by atoms with Gasteiger partial charge in [0.2, 0.25) is 0 Å². The molecule has 2 unspecified atom stereocenters. The number of nitriles is 1. The zero-order valence-electron chi connectivity index (χ0n) is 11.7. The van der Waals surface area contributed by atoms with Crippen molar-refractivity contribution in [2.75, 3.05) is 13.2 Å². The minimum absolute atomic E-state index is 0.161. The van der Waals surface area contributed by atoms with E-state index < -0.39 is 5.54 Å². The fourth-order valence-electron chi connectivity index (χ4n) is 2.85. The maximum absolute atomic E-state index is 9.16. The van der Waals surface area contributed by atoms with Gasteiger partial charge in [0.1, 0.15) is 11.3 Å². The third-order valence-electron chi connectivity index (χ3n) is 4.14. The van der Waals surface area contributed by atoms with Gasteiger partial charge in [0.05, 0.1) is 12.7 Å². The highest BCUT2D eigenvalue weighted by Gasteiger charge is 2.39. The minimum Gasteiger partial charge on any atom is -0.494 e. The SMILES string of the molecule is N#CC1(N)CCCC1CCOc1ccc(CCO)cc1. The fraction of sp³-hybridized carbons (Fsp3) is 0.562. The maximum atomic E-state index is 9.16. The fourth-order valence-corrected chi connectivity index (χ4v) is 2.85. The Balaban J connectivity index is 1.80. The molecule has 4 nitrogen and oxygen atoms in total. The van der Waals surface area contributed by atoms with Crippen molar-refractivity contribution in [3.05, 3.63) is 29.8 Å². The molecule has 4 heteroatoms. The smallest absolute Gasteiger partial charge is 0.119 e. The molecular weight excluding hydrogens is 252 g/mol. The van der Waals surface area contributed by atoms with E-state index in [0.29, 0.717) is 13.0 Å². The van der Waals surface area contributed by atoms with Gasteiger partial charge in [-0.05, 0) is 49.3 Å². The molecule has 0 aromatic heterocycles. The number of benzene rings is 1. The zero-order valence-corrected chi connectivity index (χ0v) is 11.7. The first-order valence-electron chi connectivity index (χ1n) is 7.20. The Morgan fingerprint density at radius 1 is 1.40 bits per heavy atom. The quantitative estimate of drug-likeness (QED) is 0.831. The summed E-state index contributed by atoms with van der Waals surface area (Å²) in [5, 5.41) is 18.0. The molecule has 0 heterocycles. The van der Waals surface area contributed by atoms with Crippen molar-refractivity contribution >= 4 is 0 Å². The van der Waals surface area contributed by atoms with Crippen molar-refractivity contribution in [1.29, 1.82) is 5.26 Å². The molecule has 3 N–H and O–H groups in total. The standard InChI is InChI=1S/C16H22N2O2/c17-12-16(18)9-1-2-14(16)8-11-20-15-5-3-13(4-6-15)7-10-19/h3-6,14,19H,1-2,7-11,18H2. The van der Waals surface area contributed by atoms with E-state index in [-0.39, 0.29) is 12.5 Å². The van der Waals surface area contributed by atoms with Crippen molar-refractivity contribution in [2.45, 2.75) is 37.6 Å². The molecule has 0 aliphatic heterocycles. The molecule has 1 aliphatic rings. The summed E-state index contributed by atoms with van der Waals surface area (Å²) in [6.07, 6.45) is 4.33. The Morgan fingerprint density at radius 3 is 2.80 bits per heavy atom. The molecule has 0 amide bonds. The summed E-state index contributed by atoms with van der Waals surface area (Å²) in [7, 11) is 0. The Hall–Kier alpha value is -1.57. The van der Waals surface area contributed by atoms with Crippen LogP contribution in [0.25, 0.3) is 0 Å². The Morgan fingerprint density at radius 2 is 2.15 bits per heavy atom. The third-order valence-corrected chi connectivity index (χ3v) is 4.14. The summed E-state index contributed by atoms with van der Waals surface area (Å²) in [6.45, 7) is 0.749. The van der Waals surface area contributed by atoms with Crippen LogP contribution in [0.3, 0.4) is 0 Å². The molecular formula is C16H22N2O2. The van der Waals surface area contributed by atoms with Crippen LogP contribution in [0.4, 0.5) is 0 Å². The summed E-state index contributed by atoms with van der Waals surface area (Å²) in [6, 6.07) is 10.0. The molecule has 1 aromatic carbocycles. The lowest BCUT2D eigenvalue weighted by molar-refractivity contribution is 0.254. The van der Waals surface area contributed by atoms with Crippen molar-refractivity contribution in [3.63, 3.8) is 0 Å². The largest absolute Gasteiger partial charge is 0.494 e. The van der Waals surface area contributed by atoms with Crippen LogP contribution in [-0.2, 0) is 6.42 Å². The van der Waals surface area contributed by atoms with Gasteiger partial charge in [-0.2, -0.15) is 5.26 Å². The summed E-state index contributed by atoms with van der Waals surface area (Å²) in [4.78, 5) is 0. The Bertz CT molecular complexity index is 466. The van der Waals surface area contributed by atoms with Crippen molar-refractivity contribution < 1.29 is 9.84 Å². The van der Waals surface area contributed by atoms with Gasteiger partial charge in [-0.25, -0.2) is 0 Å². The van der Waals surface area contributed by atoms with Crippen LogP contribution >= 0.6 is 0 Å². The van der Waals surface area contributed by atoms with Gasteiger partial charge in [0.15, 0.2) is 0 Å². The number of aliphatic hydroxyl groups excluding tert-OH is 1. The van der Waals surface area contributed by atoms with Crippen LogP contribution in [0.2, 0.25) is 0 Å². The van der Waals surface area contributed by atoms with E-state index in [9.17, 15) is 0 Å². The number of nitrogens with two attached hydrogens (primary N) is 1. The number of aliphatic hydroxyl groups is 1. The van der Waals surface area contributed by atoms with Gasteiger partial charge >= 0.3 is 0 Å².